The van der Waals surface area contributed by atoms with Crippen LogP contribution in [0.5, 0.6) is 0 Å². The maximum atomic E-state index is 11.7. The predicted molar refractivity (Wildman–Crippen MR) is 57.7 cm³/mol. The van der Waals surface area contributed by atoms with E-state index >= 15 is 0 Å². The normalized spacial score (nSPS) is 31.9. The zero-order chi connectivity index (χ0) is 11.5. The number of hydrogen-bond acceptors (Lipinski definition) is 4. The highest BCUT2D eigenvalue weighted by molar-refractivity contribution is 5.82. The lowest BCUT2D eigenvalue weighted by molar-refractivity contribution is -0.160. The van der Waals surface area contributed by atoms with Gasteiger partial charge < -0.3 is 9.47 Å². The van der Waals surface area contributed by atoms with Gasteiger partial charge in [-0.3, -0.25) is 10.1 Å². The largest absolute Gasteiger partial charge is 0.468 e. The molecule has 1 rings (SSSR count). The molecule has 4 heteroatoms. The van der Waals surface area contributed by atoms with E-state index in [0.717, 1.165) is 6.42 Å². The van der Waals surface area contributed by atoms with Crippen molar-refractivity contribution in [2.75, 3.05) is 14.2 Å². The van der Waals surface area contributed by atoms with Crippen molar-refractivity contribution in [2.45, 2.75) is 50.8 Å². The third-order valence-corrected chi connectivity index (χ3v) is 3.20. The smallest absolute Gasteiger partial charge is 0.326 e. The Kier molecular flexibility index (Phi) is 4.11. The molecule has 1 N–H and O–H groups in total. The zero-order valence-corrected chi connectivity index (χ0v) is 10.0. The summed E-state index contributed by atoms with van der Waals surface area (Å²) in [5.41, 5.74) is -0.509. The van der Waals surface area contributed by atoms with Gasteiger partial charge in [-0.05, 0) is 13.3 Å². The number of esters is 1. The summed E-state index contributed by atoms with van der Waals surface area (Å²) >= 11 is 0. The molecule has 0 saturated heterocycles. The van der Waals surface area contributed by atoms with Gasteiger partial charge in [-0.25, -0.2) is 0 Å². The summed E-state index contributed by atoms with van der Waals surface area (Å²) in [4.78, 5) is 11.7. The standard InChI is InChI=1S/C11H21NO3/c1-5-8(2)12-11(10(13)15-4)6-9(7-11)14-3/h8-9,12H,5-7H2,1-4H3. The molecule has 0 aromatic heterocycles. The minimum absolute atomic E-state index is 0.170. The molecule has 1 aliphatic rings. The van der Waals surface area contributed by atoms with Gasteiger partial charge in [0.25, 0.3) is 0 Å². The molecule has 0 amide bonds. The Morgan fingerprint density at radius 3 is 2.53 bits per heavy atom. The molecular weight excluding hydrogens is 194 g/mol. The number of ether oxygens (including phenoxy) is 2. The van der Waals surface area contributed by atoms with Crippen LogP contribution in [0.2, 0.25) is 0 Å². The van der Waals surface area contributed by atoms with Crippen LogP contribution in [0.1, 0.15) is 33.1 Å². The quantitative estimate of drug-likeness (QED) is 0.698. The molecule has 4 nitrogen and oxygen atoms in total. The molecule has 1 unspecified atom stereocenters. The van der Waals surface area contributed by atoms with Gasteiger partial charge in [0, 0.05) is 26.0 Å². The summed E-state index contributed by atoms with van der Waals surface area (Å²) in [5, 5.41) is 3.34. The van der Waals surface area contributed by atoms with Crippen molar-refractivity contribution in [1.29, 1.82) is 0 Å². The van der Waals surface area contributed by atoms with Gasteiger partial charge >= 0.3 is 5.97 Å². The average Bonchev–Trinajstić information content (AvgIpc) is 2.21. The summed E-state index contributed by atoms with van der Waals surface area (Å²) < 4.78 is 10.0. The number of carbonyl (C=O) groups is 1. The van der Waals surface area contributed by atoms with Crippen LogP contribution < -0.4 is 5.32 Å². The maximum Gasteiger partial charge on any atom is 0.326 e. The van der Waals surface area contributed by atoms with Crippen LogP contribution in [0.15, 0.2) is 0 Å². The molecule has 0 bridgehead atoms. The Hall–Kier alpha value is -0.610. The van der Waals surface area contributed by atoms with Gasteiger partial charge in [0.2, 0.25) is 0 Å². The summed E-state index contributed by atoms with van der Waals surface area (Å²) in [5.74, 6) is -0.170. The van der Waals surface area contributed by atoms with Gasteiger partial charge in [0.1, 0.15) is 5.54 Å². The molecule has 0 aromatic carbocycles. The second-order valence-corrected chi connectivity index (χ2v) is 4.29. The molecule has 1 atom stereocenters. The number of carbonyl (C=O) groups excluding carboxylic acids is 1. The molecular formula is C11H21NO3. The maximum absolute atomic E-state index is 11.7. The van der Waals surface area contributed by atoms with E-state index in [-0.39, 0.29) is 12.1 Å². The van der Waals surface area contributed by atoms with Crippen LogP contribution >= 0.6 is 0 Å². The van der Waals surface area contributed by atoms with Crippen molar-refractivity contribution in [3.8, 4) is 0 Å². The van der Waals surface area contributed by atoms with Crippen molar-refractivity contribution in [1.82, 2.24) is 5.32 Å². The number of rotatable bonds is 5. The van der Waals surface area contributed by atoms with Crippen molar-refractivity contribution in [3.63, 3.8) is 0 Å². The average molecular weight is 215 g/mol. The topological polar surface area (TPSA) is 47.6 Å². The Bertz CT molecular complexity index is 224. The van der Waals surface area contributed by atoms with Crippen LogP contribution in [-0.2, 0) is 14.3 Å². The lowest BCUT2D eigenvalue weighted by Crippen LogP contribution is -2.65. The lowest BCUT2D eigenvalue weighted by atomic mass is 9.73. The first-order chi connectivity index (χ1) is 7.07. The fourth-order valence-corrected chi connectivity index (χ4v) is 2.00. The van der Waals surface area contributed by atoms with Crippen LogP contribution in [0.25, 0.3) is 0 Å². The van der Waals surface area contributed by atoms with E-state index in [1.807, 2.05) is 0 Å². The molecule has 0 radical (unpaired) electrons. The van der Waals surface area contributed by atoms with Crippen molar-refractivity contribution in [2.24, 2.45) is 0 Å². The van der Waals surface area contributed by atoms with E-state index in [1.165, 1.54) is 7.11 Å². The highest BCUT2D eigenvalue weighted by Gasteiger charge is 2.51. The van der Waals surface area contributed by atoms with E-state index in [0.29, 0.717) is 18.9 Å². The zero-order valence-electron chi connectivity index (χ0n) is 10.0. The van der Waals surface area contributed by atoms with Crippen LogP contribution in [0.4, 0.5) is 0 Å². The van der Waals surface area contributed by atoms with Crippen molar-refractivity contribution in [3.05, 3.63) is 0 Å². The van der Waals surface area contributed by atoms with E-state index in [1.54, 1.807) is 7.11 Å². The highest BCUT2D eigenvalue weighted by atomic mass is 16.5. The van der Waals surface area contributed by atoms with Crippen LogP contribution in [-0.4, -0.2) is 37.9 Å². The van der Waals surface area contributed by atoms with E-state index in [9.17, 15) is 4.79 Å². The molecule has 1 saturated carbocycles. The van der Waals surface area contributed by atoms with Gasteiger partial charge in [0.15, 0.2) is 0 Å². The van der Waals surface area contributed by atoms with Crippen molar-refractivity contribution >= 4 is 5.97 Å². The number of methoxy groups -OCH3 is 2. The molecule has 0 spiro atoms. The fraction of sp³-hybridized carbons (Fsp3) is 0.909. The molecule has 88 valence electrons. The van der Waals surface area contributed by atoms with Crippen LogP contribution in [0, 0.1) is 0 Å². The van der Waals surface area contributed by atoms with Gasteiger partial charge in [-0.15, -0.1) is 0 Å². The Morgan fingerprint density at radius 2 is 2.13 bits per heavy atom. The molecule has 1 fully saturated rings. The molecule has 1 aliphatic carbocycles. The highest BCUT2D eigenvalue weighted by Crippen LogP contribution is 2.35. The second kappa shape index (κ2) is 4.94. The van der Waals surface area contributed by atoms with Gasteiger partial charge in [0.05, 0.1) is 13.2 Å². The SMILES string of the molecule is CCC(C)NC1(C(=O)OC)CC(OC)C1. The monoisotopic (exact) mass is 215 g/mol. The summed E-state index contributed by atoms with van der Waals surface area (Å²) in [6.07, 6.45) is 2.60. The summed E-state index contributed by atoms with van der Waals surface area (Å²) in [7, 11) is 3.11. The first-order valence-electron chi connectivity index (χ1n) is 5.47. The first-order valence-corrected chi connectivity index (χ1v) is 5.47. The van der Waals surface area contributed by atoms with Gasteiger partial charge in [-0.1, -0.05) is 6.92 Å². The molecule has 0 heterocycles. The third-order valence-electron chi connectivity index (χ3n) is 3.20. The molecule has 15 heavy (non-hydrogen) atoms. The second-order valence-electron chi connectivity index (χ2n) is 4.29. The van der Waals surface area contributed by atoms with E-state index in [2.05, 4.69) is 19.2 Å². The Balaban J connectivity index is 2.60. The lowest BCUT2D eigenvalue weighted by Gasteiger charge is -2.46. The minimum atomic E-state index is -0.509. The number of hydrogen-bond donors (Lipinski definition) is 1. The first kappa shape index (κ1) is 12.5. The molecule has 0 aliphatic heterocycles. The minimum Gasteiger partial charge on any atom is -0.468 e. The summed E-state index contributed by atoms with van der Waals surface area (Å²) in [6, 6.07) is 0.321. The summed E-state index contributed by atoms with van der Waals surface area (Å²) in [6.45, 7) is 4.17. The Labute approximate surface area is 91.3 Å². The number of nitrogens with one attached hydrogen (secondary N) is 1. The van der Waals surface area contributed by atoms with E-state index in [4.69, 9.17) is 9.47 Å². The van der Waals surface area contributed by atoms with Crippen molar-refractivity contribution < 1.29 is 14.3 Å². The Morgan fingerprint density at radius 1 is 1.53 bits per heavy atom. The van der Waals surface area contributed by atoms with Crippen LogP contribution in [0.3, 0.4) is 0 Å². The third kappa shape index (κ3) is 2.49. The molecule has 0 aromatic rings. The predicted octanol–water partition coefficient (Wildman–Crippen LogP) is 1.10. The van der Waals surface area contributed by atoms with Gasteiger partial charge in [-0.2, -0.15) is 0 Å². The fourth-order valence-electron chi connectivity index (χ4n) is 2.00. The van der Waals surface area contributed by atoms with E-state index < -0.39 is 5.54 Å².